The standard InChI is InChI=1S/C23H24N6O5S2.2HI/c1-34-27-16(14-11-36-23(24)25-14)19(30)26-17-20(31)29-18(22(32)33)13(10-35-21(17)29)9-28-8-4-6-12-5-2-3-7-15(12)28;;/h4,6,8,11,17,21H,2-3,5,7,9-10H2,1H3,(H3-,24,25,26,30,32,33);2*1H/b27-16-;;/t17-,21-;;/m1../s1. The molecule has 0 bridgehead atoms. The summed E-state index contributed by atoms with van der Waals surface area (Å²) >= 11 is 2.54. The number of fused-ring (bicyclic) bond motifs is 2. The van der Waals surface area contributed by atoms with Crippen LogP contribution in [0.1, 0.15) is 29.8 Å². The predicted octanol–water partition coefficient (Wildman–Crippen LogP) is 0.582. The van der Waals surface area contributed by atoms with Crippen molar-refractivity contribution in [3.63, 3.8) is 0 Å². The van der Waals surface area contributed by atoms with E-state index in [0.29, 0.717) is 17.9 Å². The zero-order valence-corrected chi connectivity index (χ0v) is 26.5. The van der Waals surface area contributed by atoms with Crippen LogP contribution in [0, 0.1) is 0 Å². The minimum Gasteiger partial charge on any atom is -0.543 e. The van der Waals surface area contributed by atoms with E-state index in [0.717, 1.165) is 37.0 Å². The Balaban J connectivity index is 0.00000200. The van der Waals surface area contributed by atoms with Gasteiger partial charge in [-0.2, -0.15) is 4.57 Å². The van der Waals surface area contributed by atoms with E-state index in [1.807, 2.05) is 12.3 Å². The van der Waals surface area contributed by atoms with Gasteiger partial charge >= 0.3 is 0 Å². The Kier molecular flexibility index (Phi) is 10.4. The molecule has 2 aromatic rings. The van der Waals surface area contributed by atoms with E-state index in [4.69, 9.17) is 10.6 Å². The Hall–Kier alpha value is -1.99. The van der Waals surface area contributed by atoms with E-state index in [9.17, 15) is 19.5 Å². The summed E-state index contributed by atoms with van der Waals surface area (Å²) in [6.45, 7) is 0.364. The third kappa shape index (κ3) is 5.79. The fraction of sp³-hybridized carbons (Fsp3) is 0.391. The Morgan fingerprint density at radius 1 is 1.34 bits per heavy atom. The van der Waals surface area contributed by atoms with Crippen molar-refractivity contribution >= 4 is 99.7 Å². The second kappa shape index (κ2) is 12.9. The van der Waals surface area contributed by atoms with Crippen molar-refractivity contribution in [3.8, 4) is 0 Å². The number of β-lactam (4-membered cyclic amide) rings is 1. The van der Waals surface area contributed by atoms with Gasteiger partial charge in [0.25, 0.3) is 11.8 Å². The predicted molar refractivity (Wildman–Crippen MR) is 161 cm³/mol. The summed E-state index contributed by atoms with van der Waals surface area (Å²) in [6, 6.07) is 3.16. The van der Waals surface area contributed by atoms with Gasteiger partial charge in [0.05, 0.1) is 11.7 Å². The molecule has 0 aromatic carbocycles. The lowest BCUT2D eigenvalue weighted by molar-refractivity contribution is -0.697. The number of rotatable bonds is 7. The third-order valence-electron chi connectivity index (χ3n) is 6.44. The smallest absolute Gasteiger partial charge is 0.276 e. The lowest BCUT2D eigenvalue weighted by atomic mass is 9.95. The highest BCUT2D eigenvalue weighted by molar-refractivity contribution is 14.0. The first-order valence-electron chi connectivity index (χ1n) is 11.4. The van der Waals surface area contributed by atoms with Crippen LogP contribution >= 0.6 is 71.1 Å². The van der Waals surface area contributed by atoms with Crippen LogP contribution in [0.4, 0.5) is 5.13 Å². The van der Waals surface area contributed by atoms with Gasteiger partial charge in [-0.3, -0.25) is 14.5 Å². The van der Waals surface area contributed by atoms with E-state index in [1.54, 1.807) is 5.38 Å². The molecular formula is C23H26I2N6O5S2. The van der Waals surface area contributed by atoms with Gasteiger partial charge in [0.15, 0.2) is 29.3 Å². The number of nitrogens with zero attached hydrogens (tertiary/aromatic N) is 4. The van der Waals surface area contributed by atoms with Gasteiger partial charge in [0.2, 0.25) is 0 Å². The monoisotopic (exact) mass is 784 g/mol. The minimum absolute atomic E-state index is 0. The quantitative estimate of drug-likeness (QED) is 0.136. The van der Waals surface area contributed by atoms with Gasteiger partial charge in [0, 0.05) is 34.8 Å². The van der Waals surface area contributed by atoms with Crippen LogP contribution in [0.3, 0.4) is 0 Å². The SMILES string of the molecule is CO/N=C(\C(=O)N[C@@H]1C(=O)N2C(C(=O)[O-])=C(C[n+]3cccc4c3CCCC4)CS[C@H]12)c1csc(N)n1.I.I. The number of halogens is 2. The molecule has 2 atom stereocenters. The number of nitrogens with one attached hydrogen (secondary N) is 1. The van der Waals surface area contributed by atoms with Crippen LogP contribution in [0.25, 0.3) is 0 Å². The number of hydrogen-bond acceptors (Lipinski definition) is 10. The molecule has 1 aliphatic carbocycles. The number of carboxylic acid groups (broad SMARTS) is 1. The summed E-state index contributed by atoms with van der Waals surface area (Å²) in [6.07, 6.45) is 6.13. The van der Waals surface area contributed by atoms with Gasteiger partial charge in [-0.25, -0.2) is 4.98 Å². The van der Waals surface area contributed by atoms with Gasteiger partial charge in [-0.1, -0.05) is 5.16 Å². The molecule has 204 valence electrons. The highest BCUT2D eigenvalue weighted by Crippen LogP contribution is 2.40. The summed E-state index contributed by atoms with van der Waals surface area (Å²) < 4.78 is 2.07. The molecule has 1 fully saturated rings. The molecule has 15 heteroatoms. The Morgan fingerprint density at radius 2 is 2.11 bits per heavy atom. The van der Waals surface area contributed by atoms with E-state index < -0.39 is 29.2 Å². The lowest BCUT2D eigenvalue weighted by Gasteiger charge is -2.50. The number of thiazole rings is 1. The molecule has 38 heavy (non-hydrogen) atoms. The summed E-state index contributed by atoms with van der Waals surface area (Å²) in [5.41, 5.74) is 8.72. The van der Waals surface area contributed by atoms with Crippen LogP contribution in [-0.2, 0) is 38.6 Å². The average Bonchev–Trinajstić information content (AvgIpc) is 3.31. The first-order valence-corrected chi connectivity index (χ1v) is 13.3. The number of nitrogens with two attached hydrogens (primary N) is 1. The van der Waals surface area contributed by atoms with Crippen LogP contribution in [0.5, 0.6) is 0 Å². The highest BCUT2D eigenvalue weighted by Gasteiger charge is 2.53. The molecule has 0 saturated carbocycles. The maximum atomic E-state index is 13.1. The molecule has 11 nitrogen and oxygen atoms in total. The molecule has 2 amide bonds. The van der Waals surface area contributed by atoms with Gasteiger partial charge in [-0.15, -0.1) is 71.1 Å². The molecule has 3 N–H and O–H groups in total. The number of oxime groups is 1. The largest absolute Gasteiger partial charge is 0.543 e. The van der Waals surface area contributed by atoms with Gasteiger partial charge in [-0.05, 0) is 25.3 Å². The van der Waals surface area contributed by atoms with Crippen molar-refractivity contribution in [2.45, 2.75) is 43.6 Å². The van der Waals surface area contributed by atoms with E-state index >= 15 is 0 Å². The summed E-state index contributed by atoms with van der Waals surface area (Å²) in [5.74, 6) is -2.20. The van der Waals surface area contributed by atoms with E-state index in [1.165, 1.54) is 35.0 Å². The first kappa shape index (κ1) is 30.6. The van der Waals surface area contributed by atoms with Crippen molar-refractivity contribution in [2.75, 3.05) is 18.6 Å². The molecule has 1 saturated heterocycles. The number of carboxylic acids is 1. The number of aryl methyl sites for hydroxylation is 1. The maximum Gasteiger partial charge on any atom is 0.276 e. The third-order valence-corrected chi connectivity index (χ3v) is 8.45. The molecule has 3 aliphatic rings. The van der Waals surface area contributed by atoms with Crippen LogP contribution in [0.15, 0.2) is 40.1 Å². The number of pyridine rings is 1. The lowest BCUT2D eigenvalue weighted by Crippen LogP contribution is -2.71. The summed E-state index contributed by atoms with van der Waals surface area (Å²) in [5, 5.41) is 19.8. The number of nitrogen functional groups attached to an aromatic ring is 1. The van der Waals surface area contributed by atoms with Gasteiger partial charge in [0.1, 0.15) is 24.2 Å². The number of thioether (sulfide) groups is 1. The first-order chi connectivity index (χ1) is 17.4. The molecule has 5 rings (SSSR count). The fourth-order valence-corrected chi connectivity index (χ4v) is 6.71. The van der Waals surface area contributed by atoms with Crippen molar-refractivity contribution in [3.05, 3.63) is 51.9 Å². The molecule has 0 radical (unpaired) electrons. The Morgan fingerprint density at radius 3 is 2.79 bits per heavy atom. The van der Waals surface area contributed by atoms with E-state index in [2.05, 4.69) is 26.1 Å². The normalized spacial score (nSPS) is 20.3. The Labute approximate surface area is 261 Å². The second-order valence-electron chi connectivity index (χ2n) is 8.61. The molecule has 0 unspecified atom stereocenters. The van der Waals surface area contributed by atoms with E-state index in [-0.39, 0.29) is 70.2 Å². The number of anilines is 1. The van der Waals surface area contributed by atoms with Crippen molar-refractivity contribution in [2.24, 2.45) is 5.16 Å². The molecule has 2 aromatic heterocycles. The molecule has 0 spiro atoms. The molecular weight excluding hydrogens is 758 g/mol. The number of aliphatic carboxylic acids is 1. The summed E-state index contributed by atoms with van der Waals surface area (Å²) in [4.78, 5) is 48.2. The number of aromatic nitrogens is 2. The maximum absolute atomic E-state index is 13.1. The molecule has 4 heterocycles. The summed E-state index contributed by atoms with van der Waals surface area (Å²) in [7, 11) is 1.29. The number of carbonyl (C=O) groups is 3. The van der Waals surface area contributed by atoms with Crippen molar-refractivity contribution < 1.29 is 28.9 Å². The minimum atomic E-state index is -1.40. The topological polar surface area (TPSA) is 154 Å². The van der Waals surface area contributed by atoms with Crippen LogP contribution in [-0.4, -0.2) is 57.7 Å². The average molecular weight is 784 g/mol. The Bertz CT molecular complexity index is 1320. The number of hydrogen-bond donors (Lipinski definition) is 2. The zero-order chi connectivity index (χ0) is 25.4. The van der Waals surface area contributed by atoms with Crippen LogP contribution in [0.2, 0.25) is 0 Å². The van der Waals surface area contributed by atoms with Crippen molar-refractivity contribution in [1.29, 1.82) is 0 Å². The van der Waals surface area contributed by atoms with Crippen LogP contribution < -0.4 is 20.7 Å². The zero-order valence-electron chi connectivity index (χ0n) is 20.2. The number of amides is 2. The highest BCUT2D eigenvalue weighted by atomic mass is 127. The van der Waals surface area contributed by atoms with Crippen molar-refractivity contribution in [1.82, 2.24) is 15.2 Å². The van der Waals surface area contributed by atoms with Gasteiger partial charge < -0.3 is 25.8 Å². The second-order valence-corrected chi connectivity index (χ2v) is 10.6. The fourth-order valence-electron chi connectivity index (χ4n) is 4.82. The number of carbonyl (C=O) groups excluding carboxylic acids is 3. The molecule has 2 aliphatic heterocycles.